The Kier molecular flexibility index (Phi) is 6.05. The van der Waals surface area contributed by atoms with Crippen LogP contribution in [0.3, 0.4) is 0 Å². The molecule has 0 saturated carbocycles. The number of aromatic nitrogens is 1. The van der Waals surface area contributed by atoms with Gasteiger partial charge in [-0.3, -0.25) is 4.79 Å². The molecular weight excluding hydrogens is 370 g/mol. The van der Waals surface area contributed by atoms with Gasteiger partial charge in [0, 0.05) is 37.9 Å². The molecule has 0 aliphatic carbocycles. The van der Waals surface area contributed by atoms with E-state index in [1.54, 1.807) is 23.5 Å². The second-order valence-electron chi connectivity index (χ2n) is 6.38. The summed E-state index contributed by atoms with van der Waals surface area (Å²) in [4.78, 5) is 18.1. The maximum Gasteiger partial charge on any atom is 0.240 e. The van der Waals surface area contributed by atoms with E-state index >= 15 is 0 Å². The van der Waals surface area contributed by atoms with E-state index in [0.717, 1.165) is 35.7 Å². The number of carbonyl (C=O) groups excluding carboxylic acids is 1. The quantitative estimate of drug-likeness (QED) is 0.745. The van der Waals surface area contributed by atoms with E-state index < -0.39 is 10.0 Å². The molecule has 1 aromatic heterocycles. The Morgan fingerprint density at radius 3 is 2.62 bits per heavy atom. The number of sulfonamides is 1. The van der Waals surface area contributed by atoms with Crippen LogP contribution in [-0.2, 0) is 27.7 Å². The number of hydrogen-bond acceptors (Lipinski definition) is 5. The van der Waals surface area contributed by atoms with Gasteiger partial charge in [0.05, 0.1) is 15.6 Å². The summed E-state index contributed by atoms with van der Waals surface area (Å²) in [5.74, 6) is 0.212. The van der Waals surface area contributed by atoms with Gasteiger partial charge in [-0.25, -0.2) is 18.1 Å². The summed E-state index contributed by atoms with van der Waals surface area (Å²) in [6, 6.07) is 6.88. The van der Waals surface area contributed by atoms with Crippen LogP contribution in [0.5, 0.6) is 0 Å². The van der Waals surface area contributed by atoms with E-state index in [2.05, 4.69) is 9.71 Å². The van der Waals surface area contributed by atoms with Crippen LogP contribution in [0.25, 0.3) is 0 Å². The molecule has 0 radical (unpaired) electrons. The lowest BCUT2D eigenvalue weighted by atomic mass is 10.1. The van der Waals surface area contributed by atoms with Crippen molar-refractivity contribution in [2.75, 3.05) is 19.6 Å². The first-order valence-corrected chi connectivity index (χ1v) is 11.1. The SMILES string of the molecule is Cc1nc(CCNS(=O)(=O)c2ccc(CCN3CCCC3=O)cc2)cs1. The number of benzene rings is 1. The average molecular weight is 394 g/mol. The molecule has 0 unspecified atom stereocenters. The molecule has 0 spiro atoms. The van der Waals surface area contributed by atoms with E-state index in [1.165, 1.54) is 0 Å². The lowest BCUT2D eigenvalue weighted by Gasteiger charge is -2.15. The molecule has 1 aromatic carbocycles. The molecular formula is C18H23N3O3S2. The van der Waals surface area contributed by atoms with Gasteiger partial charge in [-0.15, -0.1) is 11.3 Å². The molecule has 1 N–H and O–H groups in total. The van der Waals surface area contributed by atoms with E-state index in [0.29, 0.717) is 25.9 Å². The van der Waals surface area contributed by atoms with Crippen LogP contribution in [-0.4, -0.2) is 43.8 Å². The third kappa shape index (κ3) is 4.90. The largest absolute Gasteiger partial charge is 0.342 e. The first-order chi connectivity index (χ1) is 12.4. The zero-order valence-corrected chi connectivity index (χ0v) is 16.4. The zero-order valence-electron chi connectivity index (χ0n) is 14.8. The summed E-state index contributed by atoms with van der Waals surface area (Å²) < 4.78 is 27.4. The van der Waals surface area contributed by atoms with Crippen molar-refractivity contribution in [3.05, 3.63) is 45.9 Å². The Hall–Kier alpha value is -1.77. The first kappa shape index (κ1) is 19.0. The highest BCUT2D eigenvalue weighted by atomic mass is 32.2. The lowest BCUT2D eigenvalue weighted by Crippen LogP contribution is -2.27. The molecule has 6 nitrogen and oxygen atoms in total. The summed E-state index contributed by atoms with van der Waals surface area (Å²) in [5, 5.41) is 2.93. The van der Waals surface area contributed by atoms with Crippen molar-refractivity contribution < 1.29 is 13.2 Å². The Balaban J connectivity index is 1.51. The number of aryl methyl sites for hydroxylation is 1. The van der Waals surface area contributed by atoms with Gasteiger partial charge >= 0.3 is 0 Å². The average Bonchev–Trinajstić information content (AvgIpc) is 3.21. The lowest BCUT2D eigenvalue weighted by molar-refractivity contribution is -0.127. The highest BCUT2D eigenvalue weighted by Gasteiger charge is 2.19. The molecule has 0 atom stereocenters. The number of rotatable bonds is 8. The van der Waals surface area contributed by atoms with Crippen LogP contribution in [0.2, 0.25) is 0 Å². The highest BCUT2D eigenvalue weighted by molar-refractivity contribution is 7.89. The molecule has 1 saturated heterocycles. The van der Waals surface area contributed by atoms with Gasteiger partial charge < -0.3 is 4.90 Å². The number of amides is 1. The van der Waals surface area contributed by atoms with Gasteiger partial charge in [-0.2, -0.15) is 0 Å². The predicted molar refractivity (Wildman–Crippen MR) is 102 cm³/mol. The number of thiazole rings is 1. The minimum atomic E-state index is -3.52. The van der Waals surface area contributed by atoms with Crippen molar-refractivity contribution in [1.29, 1.82) is 0 Å². The zero-order chi connectivity index (χ0) is 18.6. The van der Waals surface area contributed by atoms with Crippen LogP contribution < -0.4 is 4.72 Å². The fourth-order valence-corrected chi connectivity index (χ4v) is 4.64. The van der Waals surface area contributed by atoms with Crippen LogP contribution in [0, 0.1) is 6.92 Å². The third-order valence-electron chi connectivity index (χ3n) is 4.42. The minimum Gasteiger partial charge on any atom is -0.342 e. The molecule has 0 bridgehead atoms. The standard InChI is InChI=1S/C18H23N3O3S2/c1-14-20-16(13-25-14)8-10-19-26(23,24)17-6-4-15(5-7-17)9-12-21-11-2-3-18(21)22/h4-7,13,19H,2-3,8-12H2,1H3. The number of hydrogen-bond donors (Lipinski definition) is 1. The van der Waals surface area contributed by atoms with Crippen LogP contribution in [0.15, 0.2) is 34.5 Å². The van der Waals surface area contributed by atoms with Crippen LogP contribution >= 0.6 is 11.3 Å². The van der Waals surface area contributed by atoms with Crippen molar-refractivity contribution in [2.24, 2.45) is 0 Å². The van der Waals surface area contributed by atoms with Gasteiger partial charge in [0.15, 0.2) is 0 Å². The van der Waals surface area contributed by atoms with Crippen molar-refractivity contribution in [2.45, 2.75) is 37.5 Å². The Labute approximate surface area is 158 Å². The van der Waals surface area contributed by atoms with E-state index in [1.807, 2.05) is 29.3 Å². The highest BCUT2D eigenvalue weighted by Crippen LogP contribution is 2.14. The fraction of sp³-hybridized carbons (Fsp3) is 0.444. The van der Waals surface area contributed by atoms with E-state index in [-0.39, 0.29) is 10.8 Å². The van der Waals surface area contributed by atoms with E-state index in [9.17, 15) is 13.2 Å². The smallest absolute Gasteiger partial charge is 0.240 e. The minimum absolute atomic E-state index is 0.212. The number of nitrogens with one attached hydrogen (secondary N) is 1. The fourth-order valence-electron chi connectivity index (χ4n) is 2.96. The summed E-state index contributed by atoms with van der Waals surface area (Å²) in [7, 11) is -3.52. The monoisotopic (exact) mass is 393 g/mol. The summed E-state index contributed by atoms with van der Waals surface area (Å²) in [6.07, 6.45) is 2.89. The second-order valence-corrected chi connectivity index (χ2v) is 9.21. The van der Waals surface area contributed by atoms with Crippen LogP contribution in [0.1, 0.15) is 29.1 Å². The molecule has 8 heteroatoms. The molecule has 2 heterocycles. The van der Waals surface area contributed by atoms with Crippen molar-refractivity contribution in [1.82, 2.24) is 14.6 Å². The number of carbonyl (C=O) groups is 1. The van der Waals surface area contributed by atoms with E-state index in [4.69, 9.17) is 0 Å². The molecule has 1 amide bonds. The second kappa shape index (κ2) is 8.28. The Morgan fingerprint density at radius 2 is 2.00 bits per heavy atom. The molecule has 1 fully saturated rings. The maximum atomic E-state index is 12.4. The molecule has 1 aliphatic heterocycles. The topological polar surface area (TPSA) is 79.4 Å². The van der Waals surface area contributed by atoms with Crippen molar-refractivity contribution in [3.8, 4) is 0 Å². The van der Waals surface area contributed by atoms with Crippen LogP contribution in [0.4, 0.5) is 0 Å². The van der Waals surface area contributed by atoms with Gasteiger partial charge in [-0.05, 0) is 37.5 Å². The summed E-state index contributed by atoms with van der Waals surface area (Å²) in [5.41, 5.74) is 1.93. The van der Waals surface area contributed by atoms with Gasteiger partial charge in [0.2, 0.25) is 15.9 Å². The Morgan fingerprint density at radius 1 is 1.23 bits per heavy atom. The first-order valence-electron chi connectivity index (χ1n) is 8.71. The molecule has 26 heavy (non-hydrogen) atoms. The molecule has 1 aliphatic rings. The normalized spacial score (nSPS) is 15.0. The molecule has 3 rings (SSSR count). The van der Waals surface area contributed by atoms with Crippen molar-refractivity contribution in [3.63, 3.8) is 0 Å². The third-order valence-corrected chi connectivity index (χ3v) is 6.71. The molecule has 140 valence electrons. The maximum absolute atomic E-state index is 12.4. The molecule has 2 aromatic rings. The van der Waals surface area contributed by atoms with Gasteiger partial charge in [0.1, 0.15) is 0 Å². The van der Waals surface area contributed by atoms with Crippen molar-refractivity contribution >= 4 is 27.3 Å². The predicted octanol–water partition coefficient (Wildman–Crippen LogP) is 2.14. The Bertz CT molecular complexity index is 860. The summed E-state index contributed by atoms with van der Waals surface area (Å²) >= 11 is 1.56. The summed E-state index contributed by atoms with van der Waals surface area (Å²) in [6.45, 7) is 3.77. The number of likely N-dealkylation sites (tertiary alicyclic amines) is 1. The number of nitrogens with zero attached hydrogens (tertiary/aromatic N) is 2. The van der Waals surface area contributed by atoms with Gasteiger partial charge in [0.25, 0.3) is 0 Å². The van der Waals surface area contributed by atoms with Gasteiger partial charge in [-0.1, -0.05) is 12.1 Å².